The van der Waals surface area contributed by atoms with Gasteiger partial charge in [-0.1, -0.05) is 36.4 Å². The van der Waals surface area contributed by atoms with Crippen LogP contribution in [-0.4, -0.2) is 34.9 Å². The van der Waals surface area contributed by atoms with Crippen molar-refractivity contribution < 1.29 is 9.53 Å². The van der Waals surface area contributed by atoms with Gasteiger partial charge in [0, 0.05) is 18.7 Å². The predicted octanol–water partition coefficient (Wildman–Crippen LogP) is 3.11. The molecule has 128 valence electrons. The molecule has 25 heavy (non-hydrogen) atoms. The van der Waals surface area contributed by atoms with E-state index in [2.05, 4.69) is 28.7 Å². The van der Waals surface area contributed by atoms with Crippen molar-refractivity contribution in [1.29, 1.82) is 0 Å². The fraction of sp³-hybridized carbons (Fsp3) is 0.250. The topological polar surface area (TPSA) is 59.0 Å². The highest BCUT2D eigenvalue weighted by molar-refractivity contribution is 5.89. The minimum Gasteiger partial charge on any atom is -0.457 e. The van der Waals surface area contributed by atoms with Gasteiger partial charge in [0.25, 0.3) is 0 Å². The van der Waals surface area contributed by atoms with Crippen LogP contribution in [0.4, 0.5) is 0 Å². The first-order chi connectivity index (χ1) is 12.3. The summed E-state index contributed by atoms with van der Waals surface area (Å²) in [6.45, 7) is 1.60. The molecule has 0 spiro atoms. The molecule has 5 nitrogen and oxygen atoms in total. The summed E-state index contributed by atoms with van der Waals surface area (Å²) in [6.07, 6.45) is 2.86. The number of benzene rings is 2. The van der Waals surface area contributed by atoms with E-state index in [1.165, 1.54) is 0 Å². The average Bonchev–Trinajstić information content (AvgIpc) is 2.63. The van der Waals surface area contributed by atoms with Gasteiger partial charge in [-0.2, -0.15) is 0 Å². The SMILES string of the molecule is O=C(OC1CNCC[C@@H]1c1cn(-c2ccccc2)[nH]1)c1ccccc1. The second-order valence-electron chi connectivity index (χ2n) is 6.31. The summed E-state index contributed by atoms with van der Waals surface area (Å²) in [6, 6.07) is 19.3. The molecule has 2 aromatic carbocycles. The lowest BCUT2D eigenvalue weighted by atomic mass is 9.91. The van der Waals surface area contributed by atoms with Crippen molar-refractivity contribution in [2.45, 2.75) is 18.4 Å². The molecule has 0 saturated carbocycles. The fourth-order valence-corrected chi connectivity index (χ4v) is 3.27. The van der Waals surface area contributed by atoms with Crippen molar-refractivity contribution in [2.75, 3.05) is 13.1 Å². The van der Waals surface area contributed by atoms with Crippen molar-refractivity contribution in [3.8, 4) is 5.69 Å². The van der Waals surface area contributed by atoms with Gasteiger partial charge in [-0.25, -0.2) is 4.79 Å². The molecule has 2 atom stereocenters. The molecule has 0 bridgehead atoms. The Morgan fingerprint density at radius 2 is 1.72 bits per heavy atom. The van der Waals surface area contributed by atoms with Crippen LogP contribution in [0.15, 0.2) is 66.9 Å². The third-order valence-corrected chi connectivity index (χ3v) is 4.65. The van der Waals surface area contributed by atoms with Crippen LogP contribution in [0.5, 0.6) is 0 Å². The van der Waals surface area contributed by atoms with Gasteiger partial charge >= 0.3 is 5.97 Å². The highest BCUT2D eigenvalue weighted by atomic mass is 16.5. The third kappa shape index (κ3) is 3.37. The fourth-order valence-electron chi connectivity index (χ4n) is 3.27. The van der Waals surface area contributed by atoms with Gasteiger partial charge in [-0.05, 0) is 37.2 Å². The van der Waals surface area contributed by atoms with Gasteiger partial charge in [-0.3, -0.25) is 9.78 Å². The number of carbonyl (C=O) groups is 1. The Labute approximate surface area is 146 Å². The summed E-state index contributed by atoms with van der Waals surface area (Å²) < 4.78 is 7.78. The van der Waals surface area contributed by atoms with E-state index in [9.17, 15) is 4.79 Å². The number of carbonyl (C=O) groups excluding carboxylic acids is 1. The van der Waals surface area contributed by atoms with Crippen LogP contribution in [-0.2, 0) is 4.74 Å². The quantitative estimate of drug-likeness (QED) is 0.720. The van der Waals surface area contributed by atoms with E-state index >= 15 is 0 Å². The van der Waals surface area contributed by atoms with Crippen molar-refractivity contribution in [2.24, 2.45) is 0 Å². The number of hydrogen-bond donors (Lipinski definition) is 2. The van der Waals surface area contributed by atoms with E-state index in [1.54, 1.807) is 12.1 Å². The molecule has 1 saturated heterocycles. The summed E-state index contributed by atoms with van der Waals surface area (Å²) in [7, 11) is 0. The monoisotopic (exact) mass is 335 g/mol. The number of aromatic nitrogens is 2. The molecule has 4 rings (SSSR count). The number of H-pyrrole nitrogens is 1. The molecule has 1 unspecified atom stereocenters. The zero-order chi connectivity index (χ0) is 17.1. The minimum absolute atomic E-state index is 0.168. The molecule has 1 aromatic heterocycles. The summed E-state index contributed by atoms with van der Waals surface area (Å²) in [5, 5.41) is 6.71. The van der Waals surface area contributed by atoms with E-state index < -0.39 is 0 Å². The van der Waals surface area contributed by atoms with E-state index in [4.69, 9.17) is 4.74 Å². The maximum atomic E-state index is 12.4. The molecule has 0 aliphatic carbocycles. The van der Waals surface area contributed by atoms with Crippen LogP contribution in [0.1, 0.15) is 28.4 Å². The molecule has 0 amide bonds. The zero-order valence-corrected chi connectivity index (χ0v) is 13.9. The molecule has 1 fully saturated rings. The molecule has 1 aliphatic rings. The van der Waals surface area contributed by atoms with Crippen LogP contribution in [0.3, 0.4) is 0 Å². The Bertz CT molecular complexity index is 811. The van der Waals surface area contributed by atoms with Gasteiger partial charge in [0.15, 0.2) is 0 Å². The highest BCUT2D eigenvalue weighted by Gasteiger charge is 2.32. The minimum atomic E-state index is -0.265. The van der Waals surface area contributed by atoms with Gasteiger partial charge in [0.05, 0.1) is 16.9 Å². The molecular formula is C20H21N3O2. The second-order valence-corrected chi connectivity index (χ2v) is 6.31. The largest absolute Gasteiger partial charge is 0.457 e. The Balaban J connectivity index is 1.47. The number of hydrogen-bond acceptors (Lipinski definition) is 3. The number of esters is 1. The lowest BCUT2D eigenvalue weighted by Gasteiger charge is -2.33. The first-order valence-corrected chi connectivity index (χ1v) is 8.61. The summed E-state index contributed by atoms with van der Waals surface area (Å²) in [4.78, 5) is 12.4. The normalized spacial score (nSPS) is 20.3. The van der Waals surface area contributed by atoms with Gasteiger partial charge in [0.1, 0.15) is 6.10 Å². The maximum absolute atomic E-state index is 12.4. The predicted molar refractivity (Wildman–Crippen MR) is 96.0 cm³/mol. The van der Waals surface area contributed by atoms with Crippen LogP contribution in [0.2, 0.25) is 0 Å². The number of aromatic amines is 1. The first-order valence-electron chi connectivity index (χ1n) is 8.61. The molecule has 2 N–H and O–H groups in total. The number of ether oxygens (including phenoxy) is 1. The zero-order valence-electron chi connectivity index (χ0n) is 13.9. The molecule has 1 aliphatic heterocycles. The number of piperidine rings is 1. The van der Waals surface area contributed by atoms with Crippen LogP contribution in [0.25, 0.3) is 5.69 Å². The second kappa shape index (κ2) is 6.99. The molecule has 2 heterocycles. The van der Waals surface area contributed by atoms with Crippen molar-refractivity contribution in [3.63, 3.8) is 0 Å². The lowest BCUT2D eigenvalue weighted by Crippen LogP contribution is -2.43. The molecule has 5 heteroatoms. The molecular weight excluding hydrogens is 314 g/mol. The first kappa shape index (κ1) is 15.7. The summed E-state index contributed by atoms with van der Waals surface area (Å²) in [5.74, 6) is -0.0759. The van der Waals surface area contributed by atoms with Crippen molar-refractivity contribution in [1.82, 2.24) is 15.1 Å². The summed E-state index contributed by atoms with van der Waals surface area (Å²) in [5.41, 5.74) is 2.81. The van der Waals surface area contributed by atoms with E-state index in [1.807, 2.05) is 41.1 Å². The van der Waals surface area contributed by atoms with Gasteiger partial charge in [0.2, 0.25) is 0 Å². The van der Waals surface area contributed by atoms with Crippen molar-refractivity contribution in [3.05, 3.63) is 78.1 Å². The Hall–Kier alpha value is -2.79. The number of para-hydroxylation sites is 1. The summed E-state index contributed by atoms with van der Waals surface area (Å²) >= 11 is 0. The van der Waals surface area contributed by atoms with E-state index in [0.29, 0.717) is 12.1 Å². The highest BCUT2D eigenvalue weighted by Crippen LogP contribution is 2.29. The Morgan fingerprint density at radius 1 is 1.04 bits per heavy atom. The van der Waals surface area contributed by atoms with E-state index in [-0.39, 0.29) is 18.0 Å². The van der Waals surface area contributed by atoms with Gasteiger partial charge in [-0.15, -0.1) is 0 Å². The standard InChI is InChI=1S/C20H21N3O2/c24-20(15-7-3-1-4-8-15)25-19-13-21-12-11-17(19)18-14-23(22-18)16-9-5-2-6-10-16/h1-10,14,17,19,21-22H,11-13H2/t17-,19?/m1/s1. The maximum Gasteiger partial charge on any atom is 0.338 e. The van der Waals surface area contributed by atoms with Crippen LogP contribution >= 0.6 is 0 Å². The average molecular weight is 335 g/mol. The lowest BCUT2D eigenvalue weighted by molar-refractivity contribution is 0.0173. The van der Waals surface area contributed by atoms with Crippen LogP contribution < -0.4 is 5.32 Å². The number of nitrogens with zero attached hydrogens (tertiary/aromatic N) is 1. The Kier molecular flexibility index (Phi) is 4.39. The Morgan fingerprint density at radius 3 is 2.44 bits per heavy atom. The van der Waals surface area contributed by atoms with Crippen LogP contribution in [0, 0.1) is 0 Å². The number of rotatable bonds is 4. The number of nitrogens with one attached hydrogen (secondary N) is 2. The molecule has 3 aromatic rings. The molecule has 0 radical (unpaired) electrons. The third-order valence-electron chi connectivity index (χ3n) is 4.65. The van der Waals surface area contributed by atoms with Crippen molar-refractivity contribution >= 4 is 5.97 Å². The smallest absolute Gasteiger partial charge is 0.338 e. The van der Waals surface area contributed by atoms with E-state index in [0.717, 1.165) is 24.3 Å². The van der Waals surface area contributed by atoms with Gasteiger partial charge < -0.3 is 10.1 Å².